The van der Waals surface area contributed by atoms with E-state index in [0.29, 0.717) is 10.8 Å². The zero-order valence-electron chi connectivity index (χ0n) is 11.5. The lowest BCUT2D eigenvalue weighted by Crippen LogP contribution is -2.50. The lowest BCUT2D eigenvalue weighted by Gasteiger charge is -2.54. The van der Waals surface area contributed by atoms with Gasteiger partial charge in [0.25, 0.3) is 0 Å². The van der Waals surface area contributed by atoms with Crippen LogP contribution in [-0.4, -0.2) is 13.1 Å². The van der Waals surface area contributed by atoms with Crippen LogP contribution in [0.1, 0.15) is 51.7 Å². The third-order valence-electron chi connectivity index (χ3n) is 5.38. The predicted octanol–water partition coefficient (Wildman–Crippen LogP) is 3.86. The number of hydrogen-bond acceptors (Lipinski definition) is 1. The van der Waals surface area contributed by atoms with E-state index in [2.05, 4.69) is 50.8 Å². The molecular formula is C16H23N. The second-order valence-corrected chi connectivity index (χ2v) is 6.67. The number of nitrogens with zero attached hydrogens (tertiary/aromatic N) is 1. The Morgan fingerprint density at radius 2 is 1.47 bits per heavy atom. The molecule has 1 fully saturated rings. The fourth-order valence-electron chi connectivity index (χ4n) is 3.38. The van der Waals surface area contributed by atoms with Gasteiger partial charge in [-0.05, 0) is 46.9 Å². The molecule has 0 bridgehead atoms. The van der Waals surface area contributed by atoms with Gasteiger partial charge >= 0.3 is 0 Å². The van der Waals surface area contributed by atoms with Crippen LogP contribution in [0.3, 0.4) is 0 Å². The average molecular weight is 229 g/mol. The normalized spacial score (nSPS) is 24.4. The zero-order chi connectivity index (χ0) is 12.3. The molecule has 2 aliphatic rings. The summed E-state index contributed by atoms with van der Waals surface area (Å²) in [6, 6.07) is 7.11. The summed E-state index contributed by atoms with van der Waals surface area (Å²) in [7, 11) is 0. The number of benzene rings is 1. The first-order chi connectivity index (χ1) is 7.94. The average Bonchev–Trinajstić information content (AvgIpc) is 2.81. The molecule has 0 radical (unpaired) electrons. The summed E-state index contributed by atoms with van der Waals surface area (Å²) in [5.41, 5.74) is 5.19. The van der Waals surface area contributed by atoms with Crippen LogP contribution in [0.25, 0.3) is 0 Å². The van der Waals surface area contributed by atoms with Crippen LogP contribution in [-0.2, 0) is 10.8 Å². The van der Waals surface area contributed by atoms with Crippen LogP contribution >= 0.6 is 0 Å². The van der Waals surface area contributed by atoms with Crippen molar-refractivity contribution in [3.63, 3.8) is 0 Å². The molecule has 0 aromatic heterocycles. The van der Waals surface area contributed by atoms with Gasteiger partial charge in [0.1, 0.15) is 0 Å². The summed E-state index contributed by atoms with van der Waals surface area (Å²) in [5, 5.41) is 0. The molecule has 1 aliphatic heterocycles. The minimum absolute atomic E-state index is 0.318. The van der Waals surface area contributed by atoms with E-state index in [0.717, 1.165) is 0 Å². The third-order valence-corrected chi connectivity index (χ3v) is 5.38. The molecule has 0 unspecified atom stereocenters. The van der Waals surface area contributed by atoms with Crippen molar-refractivity contribution in [3.05, 3.63) is 29.3 Å². The highest BCUT2D eigenvalue weighted by atomic mass is 15.1. The van der Waals surface area contributed by atoms with Crippen molar-refractivity contribution in [2.45, 2.75) is 51.4 Å². The van der Waals surface area contributed by atoms with E-state index in [1.165, 1.54) is 31.6 Å². The number of fused-ring (bicyclic) bond motifs is 1. The highest BCUT2D eigenvalue weighted by molar-refractivity contribution is 5.61. The Morgan fingerprint density at radius 3 is 2.12 bits per heavy atom. The van der Waals surface area contributed by atoms with Gasteiger partial charge in [0, 0.05) is 18.8 Å². The Bertz CT molecular complexity index is 451. The summed E-state index contributed by atoms with van der Waals surface area (Å²) in [5.74, 6) is 0. The molecular weight excluding hydrogens is 206 g/mol. The quantitative estimate of drug-likeness (QED) is 0.707. The Kier molecular flexibility index (Phi) is 2.14. The maximum absolute atomic E-state index is 2.53. The largest absolute Gasteiger partial charge is 0.372 e. The number of hydrogen-bond donors (Lipinski definition) is 0. The van der Waals surface area contributed by atoms with E-state index in [1.807, 2.05) is 0 Å². The van der Waals surface area contributed by atoms with Gasteiger partial charge < -0.3 is 4.90 Å². The maximum Gasteiger partial charge on any atom is 0.0369 e. The van der Waals surface area contributed by atoms with Crippen LogP contribution in [0.2, 0.25) is 0 Å². The van der Waals surface area contributed by atoms with Crippen molar-refractivity contribution in [3.8, 4) is 0 Å². The molecule has 1 heterocycles. The molecule has 1 heteroatoms. The molecule has 1 nitrogen and oxygen atoms in total. The van der Waals surface area contributed by atoms with Crippen molar-refractivity contribution in [1.29, 1.82) is 0 Å². The third kappa shape index (κ3) is 1.31. The van der Waals surface area contributed by atoms with Crippen molar-refractivity contribution in [1.82, 2.24) is 0 Å². The lowest BCUT2D eigenvalue weighted by molar-refractivity contribution is 0.242. The fraction of sp³-hybridized carbons (Fsp3) is 0.625. The summed E-state index contributed by atoms with van der Waals surface area (Å²) in [6.07, 6.45) is 2.71. The summed E-state index contributed by atoms with van der Waals surface area (Å²) < 4.78 is 0. The second kappa shape index (κ2) is 3.28. The van der Waals surface area contributed by atoms with Crippen molar-refractivity contribution < 1.29 is 0 Å². The van der Waals surface area contributed by atoms with Gasteiger partial charge in [-0.2, -0.15) is 0 Å². The summed E-state index contributed by atoms with van der Waals surface area (Å²) >= 11 is 0. The van der Waals surface area contributed by atoms with E-state index in [-0.39, 0.29) is 0 Å². The van der Waals surface area contributed by atoms with Crippen LogP contribution in [0.4, 0.5) is 5.69 Å². The van der Waals surface area contributed by atoms with Crippen molar-refractivity contribution in [2.24, 2.45) is 0 Å². The van der Waals surface area contributed by atoms with E-state index in [4.69, 9.17) is 0 Å². The second-order valence-electron chi connectivity index (χ2n) is 6.67. The Hall–Kier alpha value is -0.980. The monoisotopic (exact) mass is 229 g/mol. The van der Waals surface area contributed by atoms with E-state index in [9.17, 15) is 0 Å². The molecule has 17 heavy (non-hydrogen) atoms. The molecule has 3 rings (SSSR count). The molecule has 1 aromatic rings. The molecule has 1 saturated heterocycles. The number of rotatable bonds is 1. The van der Waals surface area contributed by atoms with Crippen LogP contribution in [0.15, 0.2) is 18.2 Å². The standard InChI is InChI=1S/C16H23N/c1-15(2)13-8-7-12(17-9-5-6-10-17)11-14(13)16(15,3)4/h7-8,11H,5-6,9-10H2,1-4H3. The van der Waals surface area contributed by atoms with E-state index < -0.39 is 0 Å². The van der Waals surface area contributed by atoms with Gasteiger partial charge in [-0.25, -0.2) is 0 Å². The van der Waals surface area contributed by atoms with Gasteiger partial charge in [-0.1, -0.05) is 33.8 Å². The number of anilines is 1. The minimum Gasteiger partial charge on any atom is -0.372 e. The first-order valence-electron chi connectivity index (χ1n) is 6.84. The highest BCUT2D eigenvalue weighted by Gasteiger charge is 2.51. The topological polar surface area (TPSA) is 3.24 Å². The molecule has 0 atom stereocenters. The van der Waals surface area contributed by atoms with Crippen LogP contribution in [0, 0.1) is 0 Å². The molecule has 0 spiro atoms. The highest BCUT2D eigenvalue weighted by Crippen LogP contribution is 2.56. The Morgan fingerprint density at radius 1 is 0.882 bits per heavy atom. The van der Waals surface area contributed by atoms with E-state index >= 15 is 0 Å². The lowest BCUT2D eigenvalue weighted by atomic mass is 9.49. The van der Waals surface area contributed by atoms with Gasteiger partial charge in [0.15, 0.2) is 0 Å². The predicted molar refractivity (Wildman–Crippen MR) is 73.9 cm³/mol. The SMILES string of the molecule is CC1(C)c2ccc(N3CCCC3)cc2C1(C)C. The molecule has 0 amide bonds. The van der Waals surface area contributed by atoms with Gasteiger partial charge in [0.05, 0.1) is 0 Å². The Balaban J connectivity index is 2.01. The molecule has 1 aliphatic carbocycles. The van der Waals surface area contributed by atoms with Crippen molar-refractivity contribution >= 4 is 5.69 Å². The Labute approximate surface area is 105 Å². The smallest absolute Gasteiger partial charge is 0.0369 e. The summed E-state index contributed by atoms with van der Waals surface area (Å²) in [4.78, 5) is 2.53. The minimum atomic E-state index is 0.318. The zero-order valence-corrected chi connectivity index (χ0v) is 11.5. The molecule has 0 saturated carbocycles. The van der Waals surface area contributed by atoms with Gasteiger partial charge in [-0.3, -0.25) is 0 Å². The first kappa shape index (κ1) is 11.1. The van der Waals surface area contributed by atoms with Gasteiger partial charge in [0.2, 0.25) is 0 Å². The molecule has 1 aromatic carbocycles. The summed E-state index contributed by atoms with van der Waals surface area (Å²) in [6.45, 7) is 12.0. The van der Waals surface area contributed by atoms with Crippen LogP contribution < -0.4 is 4.90 Å². The van der Waals surface area contributed by atoms with Crippen LogP contribution in [0.5, 0.6) is 0 Å². The molecule has 0 N–H and O–H groups in total. The van der Waals surface area contributed by atoms with E-state index in [1.54, 1.807) is 11.1 Å². The first-order valence-corrected chi connectivity index (χ1v) is 6.84. The maximum atomic E-state index is 2.53. The fourth-order valence-corrected chi connectivity index (χ4v) is 3.38. The van der Waals surface area contributed by atoms with Gasteiger partial charge in [-0.15, -0.1) is 0 Å². The van der Waals surface area contributed by atoms with Crippen molar-refractivity contribution in [2.75, 3.05) is 18.0 Å². The molecule has 92 valence electrons.